The number of nitrogens with one attached hydrogen (secondary N) is 2. The number of hydrogen-bond donors (Lipinski definition) is 3. The summed E-state index contributed by atoms with van der Waals surface area (Å²) in [7, 11) is 0. The number of carbonyl (C=O) groups excluding carboxylic acids is 1. The van der Waals surface area contributed by atoms with E-state index in [9.17, 15) is 9.59 Å². The molecule has 6 nitrogen and oxygen atoms in total. The highest BCUT2D eigenvalue weighted by molar-refractivity contribution is 5.92. The predicted molar refractivity (Wildman–Crippen MR) is 72.0 cm³/mol. The number of aromatic nitrogens is 1. The van der Waals surface area contributed by atoms with E-state index >= 15 is 0 Å². The topological polar surface area (TPSA) is 91.3 Å². The van der Waals surface area contributed by atoms with Gasteiger partial charge in [0.1, 0.15) is 6.04 Å². The molecule has 0 aliphatic rings. The van der Waals surface area contributed by atoms with E-state index < -0.39 is 23.5 Å². The van der Waals surface area contributed by atoms with E-state index in [4.69, 9.17) is 5.11 Å². The van der Waals surface area contributed by atoms with E-state index in [2.05, 4.69) is 15.6 Å². The molecule has 0 saturated heterocycles. The number of carboxylic acids is 1. The van der Waals surface area contributed by atoms with Crippen LogP contribution in [0.4, 0.5) is 10.5 Å². The third-order valence-corrected chi connectivity index (χ3v) is 2.56. The number of urea groups is 1. The van der Waals surface area contributed by atoms with Crippen LogP contribution in [-0.2, 0) is 4.79 Å². The van der Waals surface area contributed by atoms with Crippen LogP contribution in [0.2, 0.25) is 0 Å². The Labute approximate surface area is 112 Å². The molecule has 0 spiro atoms. The molecule has 6 heteroatoms. The van der Waals surface area contributed by atoms with E-state index in [1.54, 1.807) is 32.9 Å². The fourth-order valence-corrected chi connectivity index (χ4v) is 1.49. The van der Waals surface area contributed by atoms with E-state index in [0.29, 0.717) is 5.69 Å². The fourth-order valence-electron chi connectivity index (χ4n) is 1.49. The Morgan fingerprint density at radius 3 is 2.37 bits per heavy atom. The number of aryl methyl sites for hydroxylation is 1. The average Bonchev–Trinajstić information content (AvgIpc) is 2.27. The molecule has 0 radical (unpaired) electrons. The van der Waals surface area contributed by atoms with E-state index in [1.807, 2.05) is 6.92 Å². The van der Waals surface area contributed by atoms with Crippen molar-refractivity contribution in [3.8, 4) is 0 Å². The number of carbonyl (C=O) groups is 2. The normalized spacial score (nSPS) is 12.6. The molecule has 0 saturated carbocycles. The summed E-state index contributed by atoms with van der Waals surface area (Å²) >= 11 is 0. The minimum atomic E-state index is -1.07. The van der Waals surface area contributed by atoms with Crippen LogP contribution in [-0.4, -0.2) is 28.1 Å². The van der Waals surface area contributed by atoms with Gasteiger partial charge in [0.2, 0.25) is 0 Å². The lowest BCUT2D eigenvalue weighted by molar-refractivity contribution is -0.141. The van der Waals surface area contributed by atoms with Crippen molar-refractivity contribution in [3.63, 3.8) is 0 Å². The first kappa shape index (κ1) is 14.9. The van der Waals surface area contributed by atoms with Crippen molar-refractivity contribution >= 4 is 17.7 Å². The Bertz CT molecular complexity index is 463. The second-order valence-electron chi connectivity index (χ2n) is 5.42. The van der Waals surface area contributed by atoms with Crippen LogP contribution < -0.4 is 10.6 Å². The molecule has 0 fully saturated rings. The highest BCUT2D eigenvalue weighted by Gasteiger charge is 2.32. The van der Waals surface area contributed by atoms with Crippen LogP contribution in [0.15, 0.2) is 18.3 Å². The van der Waals surface area contributed by atoms with Gasteiger partial charge < -0.3 is 15.7 Å². The SMILES string of the molecule is Cc1ccc(NC(=O)N[C@H](C(=O)O)C(C)(C)C)cn1. The van der Waals surface area contributed by atoms with Crippen molar-refractivity contribution < 1.29 is 14.7 Å². The third-order valence-electron chi connectivity index (χ3n) is 2.56. The summed E-state index contributed by atoms with van der Waals surface area (Å²) in [5, 5.41) is 14.1. The Kier molecular flexibility index (Phi) is 4.47. The molecule has 104 valence electrons. The summed E-state index contributed by atoms with van der Waals surface area (Å²) in [5.41, 5.74) is 0.777. The van der Waals surface area contributed by atoms with Crippen molar-refractivity contribution in [2.75, 3.05) is 5.32 Å². The van der Waals surface area contributed by atoms with Gasteiger partial charge in [0.05, 0.1) is 11.9 Å². The van der Waals surface area contributed by atoms with Crippen LogP contribution in [0.5, 0.6) is 0 Å². The predicted octanol–water partition coefficient (Wildman–Crippen LogP) is 2.01. The number of pyridine rings is 1. The van der Waals surface area contributed by atoms with Gasteiger partial charge in [-0.3, -0.25) is 4.98 Å². The van der Waals surface area contributed by atoms with Gasteiger partial charge in [-0.05, 0) is 24.5 Å². The maximum absolute atomic E-state index is 11.7. The molecule has 0 aliphatic carbocycles. The number of anilines is 1. The molecule has 1 atom stereocenters. The van der Waals surface area contributed by atoms with Crippen molar-refractivity contribution in [1.29, 1.82) is 0 Å². The largest absolute Gasteiger partial charge is 0.480 e. The third kappa shape index (κ3) is 4.57. The molecule has 1 aromatic heterocycles. The Hall–Kier alpha value is -2.11. The maximum Gasteiger partial charge on any atom is 0.326 e. The maximum atomic E-state index is 11.7. The first-order chi connectivity index (χ1) is 8.70. The van der Waals surface area contributed by atoms with Crippen molar-refractivity contribution in [2.24, 2.45) is 5.41 Å². The van der Waals surface area contributed by atoms with Crippen molar-refractivity contribution in [2.45, 2.75) is 33.7 Å². The molecule has 2 amide bonds. The number of hydrogen-bond acceptors (Lipinski definition) is 3. The molecular formula is C13H19N3O3. The molecular weight excluding hydrogens is 246 g/mol. The second kappa shape index (κ2) is 5.69. The number of aliphatic carboxylic acids is 1. The molecule has 19 heavy (non-hydrogen) atoms. The van der Waals surface area contributed by atoms with Crippen LogP contribution in [0, 0.1) is 12.3 Å². The Morgan fingerprint density at radius 1 is 1.32 bits per heavy atom. The lowest BCUT2D eigenvalue weighted by atomic mass is 9.87. The highest BCUT2D eigenvalue weighted by Crippen LogP contribution is 2.19. The van der Waals surface area contributed by atoms with Gasteiger partial charge in [-0.1, -0.05) is 20.8 Å². The van der Waals surface area contributed by atoms with Gasteiger partial charge in [0.15, 0.2) is 0 Å². The van der Waals surface area contributed by atoms with Crippen LogP contribution in [0.1, 0.15) is 26.5 Å². The summed E-state index contributed by atoms with van der Waals surface area (Å²) in [5.74, 6) is -1.07. The molecule has 1 rings (SSSR count). The number of rotatable bonds is 3. The van der Waals surface area contributed by atoms with Crippen LogP contribution in [0.3, 0.4) is 0 Å². The van der Waals surface area contributed by atoms with Crippen molar-refractivity contribution in [1.82, 2.24) is 10.3 Å². The molecule has 0 unspecified atom stereocenters. The van der Waals surface area contributed by atoms with Gasteiger partial charge in [-0.2, -0.15) is 0 Å². The quantitative estimate of drug-likeness (QED) is 0.779. The van der Waals surface area contributed by atoms with Gasteiger partial charge in [0, 0.05) is 5.69 Å². The first-order valence-electron chi connectivity index (χ1n) is 5.93. The zero-order valence-corrected chi connectivity index (χ0v) is 11.5. The van der Waals surface area contributed by atoms with Crippen LogP contribution >= 0.6 is 0 Å². The molecule has 1 heterocycles. The number of amides is 2. The summed E-state index contributed by atoms with van der Waals surface area (Å²) in [4.78, 5) is 26.9. The fraction of sp³-hybridized carbons (Fsp3) is 0.462. The van der Waals surface area contributed by atoms with Gasteiger partial charge in [-0.15, -0.1) is 0 Å². The van der Waals surface area contributed by atoms with E-state index in [0.717, 1.165) is 5.69 Å². The van der Waals surface area contributed by atoms with Gasteiger partial charge >= 0.3 is 12.0 Å². The first-order valence-corrected chi connectivity index (χ1v) is 5.93. The summed E-state index contributed by atoms with van der Waals surface area (Å²) in [6.45, 7) is 7.09. The zero-order valence-electron chi connectivity index (χ0n) is 11.5. The standard InChI is InChI=1S/C13H19N3O3/c1-8-5-6-9(7-14-8)15-12(19)16-10(11(17)18)13(2,3)4/h5-7,10H,1-4H3,(H,17,18)(H2,15,16,19)/t10-/m1/s1. The number of carboxylic acid groups (broad SMARTS) is 1. The Balaban J connectivity index is 2.68. The van der Waals surface area contributed by atoms with E-state index in [-0.39, 0.29) is 0 Å². The smallest absolute Gasteiger partial charge is 0.326 e. The summed E-state index contributed by atoms with van der Waals surface area (Å²) < 4.78 is 0. The molecule has 0 bridgehead atoms. The van der Waals surface area contributed by atoms with Crippen molar-refractivity contribution in [3.05, 3.63) is 24.0 Å². The summed E-state index contributed by atoms with van der Waals surface area (Å²) in [6.07, 6.45) is 1.52. The minimum Gasteiger partial charge on any atom is -0.480 e. The average molecular weight is 265 g/mol. The highest BCUT2D eigenvalue weighted by atomic mass is 16.4. The molecule has 3 N–H and O–H groups in total. The number of nitrogens with zero attached hydrogens (tertiary/aromatic N) is 1. The zero-order chi connectivity index (χ0) is 14.6. The van der Waals surface area contributed by atoms with Gasteiger partial charge in [0.25, 0.3) is 0 Å². The molecule has 0 aromatic carbocycles. The lowest BCUT2D eigenvalue weighted by Gasteiger charge is -2.27. The van der Waals surface area contributed by atoms with E-state index in [1.165, 1.54) is 6.20 Å². The summed E-state index contributed by atoms with van der Waals surface area (Å²) in [6, 6.07) is 1.93. The molecule has 1 aromatic rings. The van der Waals surface area contributed by atoms with Crippen LogP contribution in [0.25, 0.3) is 0 Å². The molecule has 0 aliphatic heterocycles. The lowest BCUT2D eigenvalue weighted by Crippen LogP contribution is -2.50. The van der Waals surface area contributed by atoms with Gasteiger partial charge in [-0.25, -0.2) is 9.59 Å². The second-order valence-corrected chi connectivity index (χ2v) is 5.42. The monoisotopic (exact) mass is 265 g/mol. The Morgan fingerprint density at radius 2 is 1.95 bits per heavy atom. The minimum absolute atomic E-state index is 0.515.